The minimum absolute atomic E-state index is 0.578. The molecule has 0 unspecified atom stereocenters. The van der Waals surface area contributed by atoms with E-state index in [1.807, 2.05) is 13.2 Å². The van der Waals surface area contributed by atoms with E-state index < -0.39 is 0 Å². The average Bonchev–Trinajstić information content (AvgIpc) is 2.51. The van der Waals surface area contributed by atoms with Gasteiger partial charge in [0, 0.05) is 25.2 Å². The molecule has 4 heteroatoms. The van der Waals surface area contributed by atoms with Crippen molar-refractivity contribution in [3.63, 3.8) is 0 Å². The molecule has 4 nitrogen and oxygen atoms in total. The summed E-state index contributed by atoms with van der Waals surface area (Å²) in [7, 11) is 1.86. The fourth-order valence-corrected chi connectivity index (χ4v) is 1.46. The molecule has 0 amide bonds. The third-order valence-electron chi connectivity index (χ3n) is 2.63. The Morgan fingerprint density at radius 3 is 2.57 bits per heavy atom. The molecule has 0 aliphatic rings. The van der Waals surface area contributed by atoms with Gasteiger partial charge in [-0.25, -0.2) is 0 Å². The Balaban J connectivity index is 2.49. The molecule has 0 spiro atoms. The van der Waals surface area contributed by atoms with Crippen LogP contribution in [-0.4, -0.2) is 15.8 Å². The normalized spacial score (nSPS) is 11.1. The highest BCUT2D eigenvalue weighted by Gasteiger charge is 2.06. The number of aryl methyl sites for hydroxylation is 1. The van der Waals surface area contributed by atoms with E-state index in [4.69, 9.17) is 5.73 Å². The maximum absolute atomic E-state index is 5.83. The number of hydrogen-bond acceptors (Lipinski definition) is 3. The number of hydrogen-bond donors (Lipinski definition) is 2. The molecule has 0 fully saturated rings. The van der Waals surface area contributed by atoms with E-state index in [2.05, 4.69) is 24.3 Å². The fourth-order valence-electron chi connectivity index (χ4n) is 1.46. The van der Waals surface area contributed by atoms with Crippen LogP contribution in [0.2, 0.25) is 0 Å². The monoisotopic (exact) mass is 196 g/mol. The highest BCUT2D eigenvalue weighted by molar-refractivity contribution is 5.38. The zero-order chi connectivity index (χ0) is 10.6. The summed E-state index contributed by atoms with van der Waals surface area (Å²) < 4.78 is 1.70. The maximum atomic E-state index is 5.83. The van der Waals surface area contributed by atoms with Crippen LogP contribution in [0.4, 0.5) is 5.82 Å². The Bertz CT molecular complexity index is 276. The lowest BCUT2D eigenvalue weighted by molar-refractivity contribution is 0.484. The van der Waals surface area contributed by atoms with E-state index in [0.29, 0.717) is 6.04 Å². The number of nitrogens with zero attached hydrogens (tertiary/aromatic N) is 2. The fraction of sp³-hybridized carbons (Fsp3) is 0.700. The van der Waals surface area contributed by atoms with Gasteiger partial charge in [0.25, 0.3) is 0 Å². The van der Waals surface area contributed by atoms with E-state index in [9.17, 15) is 0 Å². The number of nitrogens with one attached hydrogen (secondary N) is 1. The van der Waals surface area contributed by atoms with E-state index in [0.717, 1.165) is 30.8 Å². The predicted molar refractivity (Wildman–Crippen MR) is 58.8 cm³/mol. The second-order valence-corrected chi connectivity index (χ2v) is 3.57. The molecule has 80 valence electrons. The lowest BCUT2D eigenvalue weighted by Gasteiger charge is -2.13. The molecule has 0 atom stereocenters. The Kier molecular flexibility index (Phi) is 3.95. The zero-order valence-electron chi connectivity index (χ0n) is 9.25. The summed E-state index contributed by atoms with van der Waals surface area (Å²) >= 11 is 0. The first-order valence-electron chi connectivity index (χ1n) is 5.18. The van der Waals surface area contributed by atoms with Crippen LogP contribution in [-0.2, 0) is 13.6 Å². The van der Waals surface area contributed by atoms with Crippen molar-refractivity contribution in [2.24, 2.45) is 7.05 Å². The maximum Gasteiger partial charge on any atom is 0.125 e. The van der Waals surface area contributed by atoms with Crippen molar-refractivity contribution in [2.75, 3.05) is 5.73 Å². The predicted octanol–water partition coefficient (Wildman–Crippen LogP) is 1.28. The summed E-state index contributed by atoms with van der Waals surface area (Å²) in [5, 5.41) is 7.55. The van der Waals surface area contributed by atoms with Crippen LogP contribution in [0.1, 0.15) is 32.3 Å². The van der Waals surface area contributed by atoms with Crippen molar-refractivity contribution in [1.82, 2.24) is 15.1 Å². The molecule has 0 aromatic carbocycles. The summed E-state index contributed by atoms with van der Waals surface area (Å²) in [6, 6.07) is 0.578. The number of nitrogens with two attached hydrogens (primary N) is 1. The van der Waals surface area contributed by atoms with Crippen molar-refractivity contribution < 1.29 is 0 Å². The van der Waals surface area contributed by atoms with Gasteiger partial charge in [-0.2, -0.15) is 5.10 Å². The smallest absolute Gasteiger partial charge is 0.125 e. The molecular formula is C10H20N4. The Hall–Kier alpha value is -1.03. The minimum atomic E-state index is 0.578. The van der Waals surface area contributed by atoms with Crippen LogP contribution in [0.5, 0.6) is 0 Å². The van der Waals surface area contributed by atoms with Gasteiger partial charge in [0.1, 0.15) is 5.82 Å². The second kappa shape index (κ2) is 5.00. The molecule has 0 saturated carbocycles. The molecule has 1 heterocycles. The molecule has 1 aromatic heterocycles. The van der Waals surface area contributed by atoms with Crippen LogP contribution in [0, 0.1) is 0 Å². The van der Waals surface area contributed by atoms with Gasteiger partial charge in [-0.1, -0.05) is 13.8 Å². The Morgan fingerprint density at radius 2 is 2.14 bits per heavy atom. The minimum Gasteiger partial charge on any atom is -0.384 e. The lowest BCUT2D eigenvalue weighted by atomic mass is 10.1. The summed E-state index contributed by atoms with van der Waals surface area (Å²) in [6.45, 7) is 5.19. The molecule has 3 N–H and O–H groups in total. The highest BCUT2D eigenvalue weighted by Crippen LogP contribution is 2.09. The SMILES string of the molecule is CCC(CC)NCc1cnn(C)c1N. The standard InChI is InChI=1S/C10H20N4/c1-4-9(5-2)12-6-8-7-13-14(3)10(8)11/h7,9,12H,4-6,11H2,1-3H3. The van der Waals surface area contributed by atoms with Gasteiger partial charge in [0.15, 0.2) is 0 Å². The summed E-state index contributed by atoms with van der Waals surface area (Å²) in [5.74, 6) is 0.753. The van der Waals surface area contributed by atoms with Crippen molar-refractivity contribution >= 4 is 5.82 Å². The van der Waals surface area contributed by atoms with Crippen LogP contribution in [0.3, 0.4) is 0 Å². The number of rotatable bonds is 5. The lowest BCUT2D eigenvalue weighted by Crippen LogP contribution is -2.27. The van der Waals surface area contributed by atoms with Crippen LogP contribution in [0.15, 0.2) is 6.20 Å². The molecular weight excluding hydrogens is 176 g/mol. The topological polar surface area (TPSA) is 55.9 Å². The largest absolute Gasteiger partial charge is 0.384 e. The van der Waals surface area contributed by atoms with Crippen molar-refractivity contribution in [2.45, 2.75) is 39.3 Å². The van der Waals surface area contributed by atoms with Gasteiger partial charge in [-0.05, 0) is 12.8 Å². The van der Waals surface area contributed by atoms with Gasteiger partial charge >= 0.3 is 0 Å². The third kappa shape index (κ3) is 2.48. The molecule has 1 rings (SSSR count). The van der Waals surface area contributed by atoms with Crippen molar-refractivity contribution in [1.29, 1.82) is 0 Å². The zero-order valence-corrected chi connectivity index (χ0v) is 9.25. The second-order valence-electron chi connectivity index (χ2n) is 3.57. The van der Waals surface area contributed by atoms with Gasteiger partial charge in [0.05, 0.1) is 6.20 Å². The first-order chi connectivity index (χ1) is 6.69. The molecule has 0 aliphatic heterocycles. The van der Waals surface area contributed by atoms with E-state index in [1.165, 1.54) is 0 Å². The summed E-state index contributed by atoms with van der Waals surface area (Å²) in [4.78, 5) is 0. The Labute approximate surface area is 85.5 Å². The molecule has 0 radical (unpaired) electrons. The van der Waals surface area contributed by atoms with E-state index in [-0.39, 0.29) is 0 Å². The van der Waals surface area contributed by atoms with Crippen LogP contribution < -0.4 is 11.1 Å². The average molecular weight is 196 g/mol. The third-order valence-corrected chi connectivity index (χ3v) is 2.63. The van der Waals surface area contributed by atoms with Crippen LogP contribution >= 0.6 is 0 Å². The van der Waals surface area contributed by atoms with Crippen molar-refractivity contribution in [3.05, 3.63) is 11.8 Å². The van der Waals surface area contributed by atoms with E-state index >= 15 is 0 Å². The van der Waals surface area contributed by atoms with Gasteiger partial charge in [0.2, 0.25) is 0 Å². The first-order valence-corrected chi connectivity index (χ1v) is 5.18. The van der Waals surface area contributed by atoms with Gasteiger partial charge in [-0.15, -0.1) is 0 Å². The Morgan fingerprint density at radius 1 is 1.50 bits per heavy atom. The summed E-state index contributed by atoms with van der Waals surface area (Å²) in [5.41, 5.74) is 6.91. The van der Waals surface area contributed by atoms with E-state index in [1.54, 1.807) is 4.68 Å². The number of aromatic nitrogens is 2. The quantitative estimate of drug-likeness (QED) is 0.746. The van der Waals surface area contributed by atoms with Crippen LogP contribution in [0.25, 0.3) is 0 Å². The van der Waals surface area contributed by atoms with Crippen molar-refractivity contribution in [3.8, 4) is 0 Å². The summed E-state index contributed by atoms with van der Waals surface area (Å²) in [6.07, 6.45) is 4.12. The molecule has 0 bridgehead atoms. The van der Waals surface area contributed by atoms with Gasteiger partial charge < -0.3 is 11.1 Å². The molecule has 14 heavy (non-hydrogen) atoms. The first kappa shape index (κ1) is 11.0. The molecule has 1 aromatic rings. The molecule has 0 aliphatic carbocycles. The highest BCUT2D eigenvalue weighted by atomic mass is 15.3. The number of nitrogen functional groups attached to an aromatic ring is 1. The molecule has 0 saturated heterocycles. The number of anilines is 1. The van der Waals surface area contributed by atoms with Gasteiger partial charge in [-0.3, -0.25) is 4.68 Å².